The van der Waals surface area contributed by atoms with E-state index in [1.165, 1.54) is 12.1 Å². The first-order chi connectivity index (χ1) is 17.4. The standard InChI is InChI=1S/C27H28ClFN6O/c1-3-4-8-23-30-25(24-18(2)32-35(26(24)31-23)22-11-9-21(29)10-12-22)33-13-15-34(16-14-33)27(36)19-6-5-7-20(28)17-19/h5-7,9-12,17H,3-4,8,13-16H2,1-2H3. The Hall–Kier alpha value is -3.52. The van der Waals surface area contributed by atoms with Crippen LogP contribution >= 0.6 is 11.6 Å². The molecule has 1 aliphatic rings. The van der Waals surface area contributed by atoms with E-state index in [0.717, 1.165) is 47.7 Å². The van der Waals surface area contributed by atoms with Crippen LogP contribution in [-0.4, -0.2) is 56.7 Å². The third-order valence-corrected chi connectivity index (χ3v) is 6.73. The van der Waals surface area contributed by atoms with Gasteiger partial charge in [-0.25, -0.2) is 19.0 Å². The first-order valence-electron chi connectivity index (χ1n) is 12.3. The molecule has 0 saturated carbocycles. The second-order valence-electron chi connectivity index (χ2n) is 9.03. The van der Waals surface area contributed by atoms with Crippen LogP contribution in [0.25, 0.3) is 16.7 Å². The van der Waals surface area contributed by atoms with Crippen LogP contribution in [0.2, 0.25) is 5.02 Å². The van der Waals surface area contributed by atoms with Crippen molar-refractivity contribution < 1.29 is 9.18 Å². The minimum atomic E-state index is -0.295. The molecule has 1 aliphatic heterocycles. The normalized spacial score (nSPS) is 14.0. The minimum absolute atomic E-state index is 0.0195. The molecule has 0 radical (unpaired) electrons. The molecule has 0 N–H and O–H groups in total. The lowest BCUT2D eigenvalue weighted by Gasteiger charge is -2.36. The van der Waals surface area contributed by atoms with E-state index in [0.29, 0.717) is 42.4 Å². The van der Waals surface area contributed by atoms with Gasteiger partial charge in [-0.2, -0.15) is 5.10 Å². The predicted molar refractivity (Wildman–Crippen MR) is 140 cm³/mol. The van der Waals surface area contributed by atoms with E-state index in [1.54, 1.807) is 41.1 Å². The fourth-order valence-corrected chi connectivity index (χ4v) is 4.76. The zero-order valence-corrected chi connectivity index (χ0v) is 21.2. The number of carbonyl (C=O) groups excluding carboxylic acids is 1. The fraction of sp³-hybridized carbons (Fsp3) is 0.333. The molecular weight excluding hydrogens is 479 g/mol. The molecule has 0 bridgehead atoms. The number of rotatable bonds is 6. The van der Waals surface area contributed by atoms with Gasteiger partial charge < -0.3 is 9.80 Å². The summed E-state index contributed by atoms with van der Waals surface area (Å²) in [5.41, 5.74) is 2.87. The number of nitrogens with zero attached hydrogens (tertiary/aromatic N) is 6. The van der Waals surface area contributed by atoms with Crippen molar-refractivity contribution in [2.45, 2.75) is 33.1 Å². The summed E-state index contributed by atoms with van der Waals surface area (Å²) in [6, 6.07) is 13.3. The van der Waals surface area contributed by atoms with Crippen LogP contribution in [0.3, 0.4) is 0 Å². The number of aryl methyl sites for hydroxylation is 2. The molecule has 36 heavy (non-hydrogen) atoms. The summed E-state index contributed by atoms with van der Waals surface area (Å²) in [5, 5.41) is 6.18. The Morgan fingerprint density at radius 3 is 2.50 bits per heavy atom. The lowest BCUT2D eigenvalue weighted by atomic mass is 10.1. The zero-order chi connectivity index (χ0) is 25.2. The molecule has 186 valence electrons. The quantitative estimate of drug-likeness (QED) is 0.358. The number of amides is 1. The average Bonchev–Trinajstić information content (AvgIpc) is 3.23. The van der Waals surface area contributed by atoms with Gasteiger partial charge in [0.05, 0.1) is 16.8 Å². The summed E-state index contributed by atoms with van der Waals surface area (Å²) in [6.07, 6.45) is 2.79. The molecule has 7 nitrogen and oxygen atoms in total. The smallest absolute Gasteiger partial charge is 0.254 e. The van der Waals surface area contributed by atoms with E-state index in [-0.39, 0.29) is 11.7 Å². The van der Waals surface area contributed by atoms with E-state index in [4.69, 9.17) is 26.7 Å². The molecule has 3 heterocycles. The fourth-order valence-electron chi connectivity index (χ4n) is 4.57. The summed E-state index contributed by atoms with van der Waals surface area (Å²) in [5.74, 6) is 1.29. The predicted octanol–water partition coefficient (Wildman–Crippen LogP) is 5.22. The Morgan fingerprint density at radius 1 is 1.06 bits per heavy atom. The van der Waals surface area contributed by atoms with Gasteiger partial charge in [-0.05, 0) is 55.8 Å². The van der Waals surface area contributed by atoms with Crippen LogP contribution in [0.5, 0.6) is 0 Å². The second kappa shape index (κ2) is 10.2. The Morgan fingerprint density at radius 2 is 1.81 bits per heavy atom. The van der Waals surface area contributed by atoms with E-state index >= 15 is 0 Å². The maximum Gasteiger partial charge on any atom is 0.254 e. The number of carbonyl (C=O) groups is 1. The molecule has 1 fully saturated rings. The Kier molecular flexibility index (Phi) is 6.87. The number of hydrogen-bond donors (Lipinski definition) is 0. The highest BCUT2D eigenvalue weighted by atomic mass is 35.5. The van der Waals surface area contributed by atoms with Gasteiger partial charge in [0, 0.05) is 43.2 Å². The molecule has 0 unspecified atom stereocenters. The SMILES string of the molecule is CCCCc1nc(N2CCN(C(=O)c3cccc(Cl)c3)CC2)c2c(C)nn(-c3ccc(F)cc3)c2n1. The molecule has 0 atom stereocenters. The third-order valence-electron chi connectivity index (χ3n) is 6.49. The van der Waals surface area contributed by atoms with Gasteiger partial charge in [0.15, 0.2) is 5.65 Å². The molecule has 2 aromatic heterocycles. The molecule has 2 aromatic carbocycles. The molecule has 0 aliphatic carbocycles. The number of unbranched alkanes of at least 4 members (excludes halogenated alkanes) is 1. The molecule has 5 rings (SSSR count). The van der Waals surface area contributed by atoms with E-state index in [9.17, 15) is 9.18 Å². The topological polar surface area (TPSA) is 67.2 Å². The Balaban J connectivity index is 1.47. The lowest BCUT2D eigenvalue weighted by molar-refractivity contribution is 0.0746. The first kappa shape index (κ1) is 24.2. The summed E-state index contributed by atoms with van der Waals surface area (Å²) in [6.45, 7) is 6.53. The number of hydrogen-bond acceptors (Lipinski definition) is 5. The van der Waals surface area contributed by atoms with E-state index in [1.807, 2.05) is 11.8 Å². The van der Waals surface area contributed by atoms with Crippen LogP contribution in [0.1, 0.15) is 41.6 Å². The van der Waals surface area contributed by atoms with Gasteiger partial charge in [0.1, 0.15) is 17.5 Å². The zero-order valence-electron chi connectivity index (χ0n) is 20.4. The van der Waals surface area contributed by atoms with Crippen LogP contribution in [0, 0.1) is 12.7 Å². The number of fused-ring (bicyclic) bond motifs is 1. The highest BCUT2D eigenvalue weighted by molar-refractivity contribution is 6.30. The number of benzene rings is 2. The summed E-state index contributed by atoms with van der Waals surface area (Å²) in [7, 11) is 0. The van der Waals surface area contributed by atoms with Crippen LogP contribution in [0.15, 0.2) is 48.5 Å². The van der Waals surface area contributed by atoms with Crippen molar-refractivity contribution in [3.8, 4) is 5.69 Å². The van der Waals surface area contributed by atoms with Crippen molar-refractivity contribution in [1.29, 1.82) is 0 Å². The summed E-state index contributed by atoms with van der Waals surface area (Å²) < 4.78 is 15.3. The van der Waals surface area contributed by atoms with Crippen molar-refractivity contribution in [2.24, 2.45) is 0 Å². The van der Waals surface area contributed by atoms with Gasteiger partial charge in [-0.15, -0.1) is 0 Å². The maximum atomic E-state index is 13.6. The summed E-state index contributed by atoms with van der Waals surface area (Å²) in [4.78, 5) is 26.9. The number of halogens is 2. The first-order valence-corrected chi connectivity index (χ1v) is 12.6. The van der Waals surface area contributed by atoms with Crippen molar-refractivity contribution in [3.05, 3.63) is 76.5 Å². The largest absolute Gasteiger partial charge is 0.352 e. The molecule has 0 spiro atoms. The molecule has 9 heteroatoms. The minimum Gasteiger partial charge on any atom is -0.352 e. The van der Waals surface area contributed by atoms with Gasteiger partial charge in [0.2, 0.25) is 0 Å². The van der Waals surface area contributed by atoms with Crippen molar-refractivity contribution in [3.63, 3.8) is 0 Å². The van der Waals surface area contributed by atoms with Gasteiger partial charge in [-0.3, -0.25) is 4.79 Å². The van der Waals surface area contributed by atoms with Crippen LogP contribution in [-0.2, 0) is 6.42 Å². The molecule has 1 saturated heterocycles. The second-order valence-corrected chi connectivity index (χ2v) is 9.47. The van der Waals surface area contributed by atoms with Crippen molar-refractivity contribution in [2.75, 3.05) is 31.1 Å². The Labute approximate surface area is 214 Å². The number of anilines is 1. The van der Waals surface area contributed by atoms with Gasteiger partial charge in [0.25, 0.3) is 5.91 Å². The van der Waals surface area contributed by atoms with Gasteiger partial charge >= 0.3 is 0 Å². The Bertz CT molecular complexity index is 1400. The molecule has 4 aromatic rings. The van der Waals surface area contributed by atoms with E-state index in [2.05, 4.69) is 11.8 Å². The van der Waals surface area contributed by atoms with Crippen molar-refractivity contribution >= 4 is 34.4 Å². The highest BCUT2D eigenvalue weighted by Gasteiger charge is 2.27. The van der Waals surface area contributed by atoms with E-state index < -0.39 is 0 Å². The van der Waals surface area contributed by atoms with Crippen LogP contribution < -0.4 is 4.90 Å². The maximum absolute atomic E-state index is 13.6. The van der Waals surface area contributed by atoms with Crippen LogP contribution in [0.4, 0.5) is 10.2 Å². The highest BCUT2D eigenvalue weighted by Crippen LogP contribution is 2.30. The van der Waals surface area contributed by atoms with Gasteiger partial charge in [-0.1, -0.05) is 31.0 Å². The average molecular weight is 507 g/mol. The number of aromatic nitrogens is 4. The molecular formula is C27H28ClFN6O. The lowest BCUT2D eigenvalue weighted by Crippen LogP contribution is -2.49. The third kappa shape index (κ3) is 4.78. The molecule has 1 amide bonds. The monoisotopic (exact) mass is 506 g/mol. The number of piperazine rings is 1. The van der Waals surface area contributed by atoms with Crippen molar-refractivity contribution in [1.82, 2.24) is 24.6 Å². The summed E-state index contributed by atoms with van der Waals surface area (Å²) >= 11 is 6.09.